The first kappa shape index (κ1) is 26.5. The number of thioether (sulfide) groups is 1. The number of rotatable bonds is 12. The summed E-state index contributed by atoms with van der Waals surface area (Å²) in [6.45, 7) is 2.17. The molecule has 0 aliphatic carbocycles. The lowest BCUT2D eigenvalue weighted by Crippen LogP contribution is -2.44. The number of hydrogen-bond donors (Lipinski definition) is 0. The lowest BCUT2D eigenvalue weighted by atomic mass is 9.99. The van der Waals surface area contributed by atoms with Crippen LogP contribution in [-0.2, 0) is 32.2 Å². The van der Waals surface area contributed by atoms with Crippen LogP contribution in [0.1, 0.15) is 43.7 Å². The summed E-state index contributed by atoms with van der Waals surface area (Å²) in [5.74, 6) is -0.00886. The molecule has 35 heavy (non-hydrogen) atoms. The second-order valence-electron chi connectivity index (χ2n) is 8.57. The van der Waals surface area contributed by atoms with E-state index in [0.717, 1.165) is 22.9 Å². The third kappa shape index (κ3) is 7.42. The number of amides is 2. The lowest BCUT2D eigenvalue weighted by molar-refractivity contribution is -0.140. The van der Waals surface area contributed by atoms with Crippen molar-refractivity contribution in [3.8, 4) is 0 Å². The highest BCUT2D eigenvalue weighted by Crippen LogP contribution is 2.31. The van der Waals surface area contributed by atoms with Crippen molar-refractivity contribution >= 4 is 34.7 Å². The Morgan fingerprint density at radius 3 is 1.94 bits per heavy atom. The van der Waals surface area contributed by atoms with Crippen molar-refractivity contribution in [1.29, 1.82) is 0 Å². The predicted molar refractivity (Wildman–Crippen MR) is 136 cm³/mol. The predicted octanol–water partition coefficient (Wildman–Crippen LogP) is 4.44. The number of ether oxygens (including phenoxy) is 1. The molecule has 1 aliphatic rings. The summed E-state index contributed by atoms with van der Waals surface area (Å²) in [4.78, 5) is 53.8. The van der Waals surface area contributed by atoms with Crippen LogP contribution in [0.3, 0.4) is 0 Å². The van der Waals surface area contributed by atoms with Crippen LogP contribution in [-0.4, -0.2) is 57.6 Å². The number of esters is 1. The molecular formula is C27H32N2O5S. The van der Waals surface area contributed by atoms with Gasteiger partial charge < -0.3 is 14.5 Å². The molecule has 1 aliphatic heterocycles. The summed E-state index contributed by atoms with van der Waals surface area (Å²) in [5.41, 5.74) is 1.90. The van der Waals surface area contributed by atoms with Crippen LogP contribution in [0.25, 0.3) is 0 Å². The zero-order valence-corrected chi connectivity index (χ0v) is 21.0. The van der Waals surface area contributed by atoms with E-state index in [1.807, 2.05) is 60.7 Å². The van der Waals surface area contributed by atoms with Gasteiger partial charge in [0, 0.05) is 38.6 Å². The fourth-order valence-corrected chi connectivity index (χ4v) is 5.07. The second-order valence-corrected chi connectivity index (χ2v) is 9.77. The zero-order chi connectivity index (χ0) is 25.2. The first-order valence-electron chi connectivity index (χ1n) is 11.8. The van der Waals surface area contributed by atoms with Crippen molar-refractivity contribution in [3.05, 3.63) is 71.8 Å². The van der Waals surface area contributed by atoms with E-state index >= 15 is 0 Å². The fourth-order valence-electron chi connectivity index (χ4n) is 4.31. The van der Waals surface area contributed by atoms with Gasteiger partial charge in [-0.15, -0.1) is 0 Å². The van der Waals surface area contributed by atoms with Crippen LogP contribution in [0.2, 0.25) is 0 Å². The molecule has 2 amide bonds. The number of Topliss-reactive ketones (excluding diaryl/α,β-unsaturated/α-hetero) is 1. The molecule has 1 saturated heterocycles. The van der Waals surface area contributed by atoms with E-state index in [-0.39, 0.29) is 35.7 Å². The Bertz CT molecular complexity index is 1010. The van der Waals surface area contributed by atoms with E-state index in [0.29, 0.717) is 31.7 Å². The number of benzene rings is 2. The molecule has 2 aromatic carbocycles. The van der Waals surface area contributed by atoms with Crippen molar-refractivity contribution in [1.82, 2.24) is 9.80 Å². The number of methoxy groups -OCH3 is 1. The quantitative estimate of drug-likeness (QED) is 0.319. The van der Waals surface area contributed by atoms with Gasteiger partial charge in [0.25, 0.3) is 0 Å². The SMILES string of the molecule is COC(=O)CCCCC(=O)[C@H]1[C@H](CSC(C)=O)N(Cc2ccccc2)C(=O)N1Cc1ccccc1. The second kappa shape index (κ2) is 13.1. The van der Waals surface area contributed by atoms with Crippen molar-refractivity contribution in [2.75, 3.05) is 12.9 Å². The molecule has 2 atom stereocenters. The van der Waals surface area contributed by atoms with Crippen molar-refractivity contribution in [2.24, 2.45) is 0 Å². The van der Waals surface area contributed by atoms with Crippen LogP contribution in [0, 0.1) is 0 Å². The molecule has 8 heteroatoms. The maximum absolute atomic E-state index is 13.7. The average Bonchev–Trinajstić information content (AvgIpc) is 3.11. The molecule has 0 unspecified atom stereocenters. The van der Waals surface area contributed by atoms with Crippen molar-refractivity contribution < 1.29 is 23.9 Å². The number of ketones is 1. The van der Waals surface area contributed by atoms with Gasteiger partial charge in [-0.3, -0.25) is 14.4 Å². The van der Waals surface area contributed by atoms with Gasteiger partial charge >= 0.3 is 12.0 Å². The number of carbonyl (C=O) groups is 4. The Morgan fingerprint density at radius 2 is 1.40 bits per heavy atom. The smallest absolute Gasteiger partial charge is 0.321 e. The number of carbonyl (C=O) groups excluding carboxylic acids is 4. The standard InChI is InChI=1S/C27H32N2O5S/c1-20(30)35-19-23-26(24(31)15-9-10-16-25(32)34-2)29(18-22-13-7-4-8-14-22)27(33)28(23)17-21-11-5-3-6-12-21/h3-8,11-14,23,26H,9-10,15-19H2,1-2H3/t23-,26+/m0/s1. The summed E-state index contributed by atoms with van der Waals surface area (Å²) in [6, 6.07) is 17.9. The van der Waals surface area contributed by atoms with E-state index in [4.69, 9.17) is 0 Å². The highest BCUT2D eigenvalue weighted by atomic mass is 32.2. The zero-order valence-electron chi connectivity index (χ0n) is 20.2. The fraction of sp³-hybridized carbons (Fsp3) is 0.407. The number of urea groups is 1. The third-order valence-electron chi connectivity index (χ3n) is 6.05. The minimum atomic E-state index is -0.670. The third-order valence-corrected chi connectivity index (χ3v) is 6.97. The molecule has 7 nitrogen and oxygen atoms in total. The monoisotopic (exact) mass is 496 g/mol. The molecule has 0 radical (unpaired) electrons. The molecule has 0 bridgehead atoms. The van der Waals surface area contributed by atoms with Gasteiger partial charge in [0.05, 0.1) is 13.2 Å². The molecule has 2 aromatic rings. The van der Waals surface area contributed by atoms with E-state index in [9.17, 15) is 19.2 Å². The van der Waals surface area contributed by atoms with Gasteiger partial charge in [0.1, 0.15) is 6.04 Å². The Kier molecular flexibility index (Phi) is 9.90. The van der Waals surface area contributed by atoms with E-state index in [1.54, 1.807) is 9.80 Å². The first-order chi connectivity index (χ1) is 16.9. The summed E-state index contributed by atoms with van der Waals surface area (Å²) < 4.78 is 4.68. The largest absolute Gasteiger partial charge is 0.469 e. The maximum atomic E-state index is 13.7. The van der Waals surface area contributed by atoms with Crippen LogP contribution in [0.4, 0.5) is 4.79 Å². The van der Waals surface area contributed by atoms with Crippen LogP contribution >= 0.6 is 11.8 Å². The van der Waals surface area contributed by atoms with E-state index in [2.05, 4.69) is 4.74 Å². The van der Waals surface area contributed by atoms with Crippen LogP contribution in [0.15, 0.2) is 60.7 Å². The maximum Gasteiger partial charge on any atom is 0.321 e. The minimum absolute atomic E-state index is 0.0520. The first-order valence-corrected chi connectivity index (χ1v) is 12.8. The molecule has 0 aromatic heterocycles. The van der Waals surface area contributed by atoms with E-state index < -0.39 is 12.1 Å². The summed E-state index contributed by atoms with van der Waals surface area (Å²) in [5, 5.41) is -0.0529. The molecule has 0 spiro atoms. The lowest BCUT2D eigenvalue weighted by Gasteiger charge is -2.27. The molecule has 3 rings (SSSR count). The number of unbranched alkanes of at least 4 members (excludes halogenated alkanes) is 1. The van der Waals surface area contributed by atoms with Gasteiger partial charge in [-0.1, -0.05) is 72.4 Å². The van der Waals surface area contributed by atoms with Crippen molar-refractivity contribution in [2.45, 2.75) is 57.8 Å². The normalized spacial score (nSPS) is 17.5. The van der Waals surface area contributed by atoms with Crippen molar-refractivity contribution in [3.63, 3.8) is 0 Å². The highest BCUT2D eigenvalue weighted by Gasteiger charge is 2.48. The van der Waals surface area contributed by atoms with E-state index in [1.165, 1.54) is 14.0 Å². The molecule has 0 saturated carbocycles. The van der Waals surface area contributed by atoms with Gasteiger partial charge in [-0.2, -0.15) is 0 Å². The number of hydrogen-bond acceptors (Lipinski definition) is 6. The molecule has 0 N–H and O–H groups in total. The van der Waals surface area contributed by atoms with Crippen LogP contribution < -0.4 is 0 Å². The topological polar surface area (TPSA) is 84.0 Å². The summed E-state index contributed by atoms with van der Waals surface area (Å²) >= 11 is 1.14. The Morgan fingerprint density at radius 1 is 0.857 bits per heavy atom. The Hall–Kier alpha value is -3.13. The molecule has 1 fully saturated rings. The van der Waals surface area contributed by atoms with Gasteiger partial charge in [-0.05, 0) is 24.0 Å². The van der Waals surface area contributed by atoms with Gasteiger partial charge in [0.2, 0.25) is 0 Å². The summed E-state index contributed by atoms with van der Waals surface area (Å²) in [6.07, 6.45) is 1.58. The number of nitrogens with zero attached hydrogens (tertiary/aromatic N) is 2. The molecule has 186 valence electrons. The highest BCUT2D eigenvalue weighted by molar-refractivity contribution is 8.13. The molecule has 1 heterocycles. The summed E-state index contributed by atoms with van der Waals surface area (Å²) in [7, 11) is 1.34. The van der Waals surface area contributed by atoms with Crippen LogP contribution in [0.5, 0.6) is 0 Å². The molecular weight excluding hydrogens is 464 g/mol. The minimum Gasteiger partial charge on any atom is -0.469 e. The van der Waals surface area contributed by atoms with Gasteiger partial charge in [-0.25, -0.2) is 4.79 Å². The Balaban J connectivity index is 1.86. The Labute approximate surface area is 210 Å². The van der Waals surface area contributed by atoms with Gasteiger partial charge in [0.15, 0.2) is 10.9 Å². The average molecular weight is 497 g/mol.